The Morgan fingerprint density at radius 3 is 2.76 bits per heavy atom. The Bertz CT molecular complexity index is 644. The van der Waals surface area contributed by atoms with Gasteiger partial charge in [-0.05, 0) is 37.7 Å². The summed E-state index contributed by atoms with van der Waals surface area (Å²) in [6.45, 7) is 5.51. The number of hydrogen-bond donors (Lipinski definition) is 0. The average molecular weight is 279 g/mol. The highest BCUT2D eigenvalue weighted by Crippen LogP contribution is 2.31. The molecule has 0 bridgehead atoms. The van der Waals surface area contributed by atoms with E-state index < -0.39 is 0 Å². The van der Waals surface area contributed by atoms with E-state index in [4.69, 9.17) is 4.98 Å². The predicted octanol–water partition coefficient (Wildman–Crippen LogP) is 3.22. The highest BCUT2D eigenvalue weighted by atomic mass is 15.1. The standard InChI is InChI=1S/C18H21N3/c1-13-2-6-15(7-3-13)18-19-10-16-8-9-21(11-14-4-5-14)12-17(16)20-18/h2-3,6-7,10,14H,4-5,8-9,11-12H2,1H3. The fourth-order valence-corrected chi connectivity index (χ4v) is 3.02. The van der Waals surface area contributed by atoms with Gasteiger partial charge in [0.2, 0.25) is 0 Å². The van der Waals surface area contributed by atoms with Gasteiger partial charge in [0.05, 0.1) is 5.69 Å². The van der Waals surface area contributed by atoms with Crippen LogP contribution in [0.5, 0.6) is 0 Å². The molecule has 21 heavy (non-hydrogen) atoms. The van der Waals surface area contributed by atoms with Crippen molar-refractivity contribution in [1.29, 1.82) is 0 Å². The Morgan fingerprint density at radius 2 is 2.00 bits per heavy atom. The smallest absolute Gasteiger partial charge is 0.159 e. The minimum Gasteiger partial charge on any atom is -0.297 e. The van der Waals surface area contributed by atoms with E-state index in [1.165, 1.54) is 36.2 Å². The fourth-order valence-electron chi connectivity index (χ4n) is 3.02. The molecule has 2 aliphatic rings. The SMILES string of the molecule is Cc1ccc(-c2ncc3c(n2)CN(CC2CC2)CC3)cc1. The summed E-state index contributed by atoms with van der Waals surface area (Å²) in [7, 11) is 0. The van der Waals surface area contributed by atoms with Crippen molar-refractivity contribution in [3.8, 4) is 11.4 Å². The summed E-state index contributed by atoms with van der Waals surface area (Å²) in [5.41, 5.74) is 4.94. The number of benzene rings is 1. The molecule has 0 saturated heterocycles. The van der Waals surface area contributed by atoms with Crippen molar-refractivity contribution >= 4 is 0 Å². The molecule has 0 atom stereocenters. The minimum absolute atomic E-state index is 0.863. The van der Waals surface area contributed by atoms with E-state index in [2.05, 4.69) is 41.1 Å². The lowest BCUT2D eigenvalue weighted by atomic mass is 10.1. The molecular weight excluding hydrogens is 258 g/mol. The van der Waals surface area contributed by atoms with Crippen LogP contribution in [0.1, 0.15) is 29.7 Å². The van der Waals surface area contributed by atoms with E-state index >= 15 is 0 Å². The Morgan fingerprint density at radius 1 is 1.19 bits per heavy atom. The molecular formula is C18H21N3. The molecule has 2 heterocycles. The third-order valence-corrected chi connectivity index (χ3v) is 4.55. The third kappa shape index (κ3) is 2.84. The highest BCUT2D eigenvalue weighted by molar-refractivity contribution is 5.55. The summed E-state index contributed by atoms with van der Waals surface area (Å²) >= 11 is 0. The second kappa shape index (κ2) is 5.23. The molecule has 4 rings (SSSR count). The zero-order chi connectivity index (χ0) is 14.2. The first-order valence-corrected chi connectivity index (χ1v) is 7.92. The van der Waals surface area contributed by atoms with Gasteiger partial charge in [0.1, 0.15) is 0 Å². The highest BCUT2D eigenvalue weighted by Gasteiger charge is 2.27. The second-order valence-corrected chi connectivity index (χ2v) is 6.46. The van der Waals surface area contributed by atoms with Crippen LogP contribution in [-0.4, -0.2) is 28.0 Å². The Labute approximate surface area is 126 Å². The van der Waals surface area contributed by atoms with Gasteiger partial charge in [0.25, 0.3) is 0 Å². The number of fused-ring (bicyclic) bond motifs is 1. The van der Waals surface area contributed by atoms with Gasteiger partial charge >= 0.3 is 0 Å². The summed E-state index contributed by atoms with van der Waals surface area (Å²) in [6, 6.07) is 8.47. The summed E-state index contributed by atoms with van der Waals surface area (Å²) in [5.74, 6) is 1.81. The van der Waals surface area contributed by atoms with E-state index in [0.29, 0.717) is 0 Å². The molecule has 1 aromatic carbocycles. The number of aryl methyl sites for hydroxylation is 1. The van der Waals surface area contributed by atoms with Gasteiger partial charge in [-0.1, -0.05) is 29.8 Å². The maximum Gasteiger partial charge on any atom is 0.159 e. The first-order chi connectivity index (χ1) is 10.3. The predicted molar refractivity (Wildman–Crippen MR) is 83.9 cm³/mol. The first-order valence-electron chi connectivity index (χ1n) is 7.92. The molecule has 1 saturated carbocycles. The summed E-state index contributed by atoms with van der Waals surface area (Å²) in [4.78, 5) is 12.0. The van der Waals surface area contributed by atoms with Crippen molar-refractivity contribution in [3.05, 3.63) is 47.3 Å². The Hall–Kier alpha value is -1.74. The molecule has 108 valence electrons. The third-order valence-electron chi connectivity index (χ3n) is 4.55. The van der Waals surface area contributed by atoms with Gasteiger partial charge in [-0.25, -0.2) is 9.97 Å². The van der Waals surface area contributed by atoms with Crippen molar-refractivity contribution in [1.82, 2.24) is 14.9 Å². The summed E-state index contributed by atoms with van der Waals surface area (Å²) in [5, 5.41) is 0. The van der Waals surface area contributed by atoms with Gasteiger partial charge in [0.15, 0.2) is 5.82 Å². The molecule has 0 radical (unpaired) electrons. The van der Waals surface area contributed by atoms with Crippen LogP contribution in [0.4, 0.5) is 0 Å². The van der Waals surface area contributed by atoms with Crippen molar-refractivity contribution in [2.75, 3.05) is 13.1 Å². The van der Waals surface area contributed by atoms with Gasteiger partial charge in [-0.3, -0.25) is 4.90 Å². The largest absolute Gasteiger partial charge is 0.297 e. The van der Waals surface area contributed by atoms with E-state index in [9.17, 15) is 0 Å². The van der Waals surface area contributed by atoms with E-state index in [1.54, 1.807) is 0 Å². The van der Waals surface area contributed by atoms with E-state index in [1.807, 2.05) is 6.20 Å². The molecule has 1 aromatic heterocycles. The van der Waals surface area contributed by atoms with Crippen LogP contribution in [0.25, 0.3) is 11.4 Å². The number of rotatable bonds is 3. The van der Waals surface area contributed by atoms with Gasteiger partial charge in [0, 0.05) is 31.4 Å². The molecule has 0 amide bonds. The van der Waals surface area contributed by atoms with Crippen LogP contribution < -0.4 is 0 Å². The lowest BCUT2D eigenvalue weighted by molar-refractivity contribution is 0.240. The Kier molecular flexibility index (Phi) is 3.23. The number of hydrogen-bond acceptors (Lipinski definition) is 3. The van der Waals surface area contributed by atoms with Crippen LogP contribution in [0.15, 0.2) is 30.5 Å². The fraction of sp³-hybridized carbons (Fsp3) is 0.444. The molecule has 3 nitrogen and oxygen atoms in total. The molecule has 1 fully saturated rings. The van der Waals surface area contributed by atoms with Crippen LogP contribution >= 0.6 is 0 Å². The van der Waals surface area contributed by atoms with Gasteiger partial charge < -0.3 is 0 Å². The lowest BCUT2D eigenvalue weighted by Gasteiger charge is -2.27. The molecule has 0 unspecified atom stereocenters. The normalized spacial score (nSPS) is 18.5. The second-order valence-electron chi connectivity index (χ2n) is 6.46. The maximum atomic E-state index is 4.84. The van der Waals surface area contributed by atoms with Crippen molar-refractivity contribution in [2.24, 2.45) is 5.92 Å². The molecule has 1 aliphatic carbocycles. The molecule has 0 spiro atoms. The quantitative estimate of drug-likeness (QED) is 0.864. The molecule has 2 aromatic rings. The van der Waals surface area contributed by atoms with E-state index in [0.717, 1.165) is 36.8 Å². The molecule has 0 N–H and O–H groups in total. The van der Waals surface area contributed by atoms with Crippen molar-refractivity contribution in [3.63, 3.8) is 0 Å². The number of nitrogens with zero attached hydrogens (tertiary/aromatic N) is 3. The monoisotopic (exact) mass is 279 g/mol. The first kappa shape index (κ1) is 13.0. The lowest BCUT2D eigenvalue weighted by Crippen LogP contribution is -2.33. The van der Waals surface area contributed by atoms with Gasteiger partial charge in [-0.15, -0.1) is 0 Å². The van der Waals surface area contributed by atoms with Crippen molar-refractivity contribution in [2.45, 2.75) is 32.7 Å². The zero-order valence-corrected chi connectivity index (χ0v) is 12.5. The van der Waals surface area contributed by atoms with Crippen molar-refractivity contribution < 1.29 is 0 Å². The minimum atomic E-state index is 0.863. The topological polar surface area (TPSA) is 29.0 Å². The average Bonchev–Trinajstić information content (AvgIpc) is 3.31. The van der Waals surface area contributed by atoms with Crippen LogP contribution in [0.3, 0.4) is 0 Å². The summed E-state index contributed by atoms with van der Waals surface area (Å²) < 4.78 is 0. The Balaban J connectivity index is 1.59. The molecule has 1 aliphatic heterocycles. The van der Waals surface area contributed by atoms with Crippen LogP contribution in [0, 0.1) is 12.8 Å². The van der Waals surface area contributed by atoms with Crippen LogP contribution in [-0.2, 0) is 13.0 Å². The van der Waals surface area contributed by atoms with E-state index in [-0.39, 0.29) is 0 Å². The molecule has 3 heteroatoms. The summed E-state index contributed by atoms with van der Waals surface area (Å²) in [6.07, 6.45) is 5.96. The number of aromatic nitrogens is 2. The van der Waals surface area contributed by atoms with Crippen LogP contribution in [0.2, 0.25) is 0 Å². The maximum absolute atomic E-state index is 4.84. The van der Waals surface area contributed by atoms with Gasteiger partial charge in [-0.2, -0.15) is 0 Å². The zero-order valence-electron chi connectivity index (χ0n) is 12.5.